The maximum absolute atomic E-state index is 6.03. The minimum atomic E-state index is 0.579. The molecule has 0 saturated heterocycles. The molecule has 1 aliphatic rings. The maximum Gasteiger partial charge on any atom is 0.131 e. The quantitative estimate of drug-likeness (QED) is 0.930. The van der Waals surface area contributed by atoms with Crippen LogP contribution in [-0.4, -0.2) is 16.6 Å². The van der Waals surface area contributed by atoms with E-state index in [0.717, 1.165) is 54.3 Å². The Morgan fingerprint density at radius 1 is 1.30 bits per heavy atom. The molecular weight excluding hydrogens is 250 g/mol. The molecular formula is C16H19N3O. The highest BCUT2D eigenvalue weighted by atomic mass is 16.5. The molecule has 1 aliphatic heterocycles. The van der Waals surface area contributed by atoms with Crippen molar-refractivity contribution >= 4 is 5.82 Å². The van der Waals surface area contributed by atoms with Crippen LogP contribution in [0.25, 0.3) is 11.3 Å². The third-order valence-corrected chi connectivity index (χ3v) is 3.67. The first kappa shape index (κ1) is 12.9. The molecule has 0 saturated carbocycles. The monoisotopic (exact) mass is 269 g/mol. The van der Waals surface area contributed by atoms with Crippen molar-refractivity contribution in [3.05, 3.63) is 35.2 Å². The standard InChI is InChI=1S/C16H19N3O/c1-3-4-14-18-15(10(2)16(17)19-14)12-5-6-13-11(9-12)7-8-20-13/h5-6,9H,3-4,7-8H2,1-2H3,(H2,17,18,19). The zero-order chi connectivity index (χ0) is 14.1. The van der Waals surface area contributed by atoms with E-state index in [1.807, 2.05) is 13.0 Å². The lowest BCUT2D eigenvalue weighted by atomic mass is 10.0. The Morgan fingerprint density at radius 3 is 2.95 bits per heavy atom. The van der Waals surface area contributed by atoms with Crippen LogP contribution >= 0.6 is 0 Å². The summed E-state index contributed by atoms with van der Waals surface area (Å²) in [6.07, 6.45) is 2.83. The summed E-state index contributed by atoms with van der Waals surface area (Å²) in [6, 6.07) is 6.23. The molecule has 4 heteroatoms. The number of aryl methyl sites for hydroxylation is 1. The van der Waals surface area contributed by atoms with Gasteiger partial charge in [-0.05, 0) is 37.1 Å². The van der Waals surface area contributed by atoms with Gasteiger partial charge in [0.15, 0.2) is 0 Å². The van der Waals surface area contributed by atoms with E-state index in [-0.39, 0.29) is 0 Å². The predicted molar refractivity (Wildman–Crippen MR) is 79.8 cm³/mol. The number of fused-ring (bicyclic) bond motifs is 1. The van der Waals surface area contributed by atoms with E-state index in [0.29, 0.717) is 5.82 Å². The summed E-state index contributed by atoms with van der Waals surface area (Å²) in [5, 5.41) is 0. The van der Waals surface area contributed by atoms with Crippen LogP contribution in [0.1, 0.15) is 30.3 Å². The van der Waals surface area contributed by atoms with Gasteiger partial charge < -0.3 is 10.5 Å². The second kappa shape index (κ2) is 5.12. The number of rotatable bonds is 3. The molecule has 0 amide bonds. The Labute approximate surface area is 119 Å². The highest BCUT2D eigenvalue weighted by molar-refractivity contribution is 5.69. The minimum absolute atomic E-state index is 0.579. The van der Waals surface area contributed by atoms with Crippen LogP contribution in [0.4, 0.5) is 5.82 Å². The molecule has 0 spiro atoms. The zero-order valence-electron chi connectivity index (χ0n) is 11.9. The van der Waals surface area contributed by atoms with Crippen molar-refractivity contribution in [1.82, 2.24) is 9.97 Å². The summed E-state index contributed by atoms with van der Waals surface area (Å²) in [5.41, 5.74) is 10.3. The first-order valence-electron chi connectivity index (χ1n) is 7.08. The van der Waals surface area contributed by atoms with E-state index < -0.39 is 0 Å². The predicted octanol–water partition coefficient (Wildman–Crippen LogP) is 2.92. The Kier molecular flexibility index (Phi) is 3.30. The van der Waals surface area contributed by atoms with Crippen molar-refractivity contribution in [2.24, 2.45) is 0 Å². The summed E-state index contributed by atoms with van der Waals surface area (Å²) >= 11 is 0. The van der Waals surface area contributed by atoms with E-state index in [2.05, 4.69) is 29.0 Å². The van der Waals surface area contributed by atoms with Crippen LogP contribution < -0.4 is 10.5 Å². The Morgan fingerprint density at radius 2 is 2.15 bits per heavy atom. The minimum Gasteiger partial charge on any atom is -0.493 e. The summed E-state index contributed by atoms with van der Waals surface area (Å²) in [7, 11) is 0. The van der Waals surface area contributed by atoms with Gasteiger partial charge in [-0.1, -0.05) is 6.92 Å². The van der Waals surface area contributed by atoms with E-state index in [1.54, 1.807) is 0 Å². The van der Waals surface area contributed by atoms with Crippen molar-refractivity contribution in [1.29, 1.82) is 0 Å². The summed E-state index contributed by atoms with van der Waals surface area (Å²) in [5.74, 6) is 2.39. The number of nitrogen functional groups attached to an aromatic ring is 1. The van der Waals surface area contributed by atoms with Crippen molar-refractivity contribution in [2.45, 2.75) is 33.1 Å². The number of aromatic nitrogens is 2. The first-order valence-corrected chi connectivity index (χ1v) is 7.08. The van der Waals surface area contributed by atoms with E-state index in [4.69, 9.17) is 10.5 Å². The van der Waals surface area contributed by atoms with Crippen LogP contribution in [0.15, 0.2) is 18.2 Å². The SMILES string of the molecule is CCCc1nc(N)c(C)c(-c2ccc3c(c2)CCO3)n1. The van der Waals surface area contributed by atoms with Gasteiger partial charge in [0, 0.05) is 24.0 Å². The lowest BCUT2D eigenvalue weighted by Crippen LogP contribution is -2.05. The van der Waals surface area contributed by atoms with Gasteiger partial charge in [0.2, 0.25) is 0 Å². The van der Waals surface area contributed by atoms with Gasteiger partial charge in [-0.15, -0.1) is 0 Å². The summed E-state index contributed by atoms with van der Waals surface area (Å²) in [6.45, 7) is 4.86. The Balaban J connectivity index is 2.09. The molecule has 0 unspecified atom stereocenters. The van der Waals surface area contributed by atoms with Crippen LogP contribution in [0.2, 0.25) is 0 Å². The second-order valence-electron chi connectivity index (χ2n) is 5.17. The van der Waals surface area contributed by atoms with Crippen molar-refractivity contribution in [3.8, 4) is 17.0 Å². The zero-order valence-corrected chi connectivity index (χ0v) is 11.9. The highest BCUT2D eigenvalue weighted by Crippen LogP contribution is 2.32. The van der Waals surface area contributed by atoms with Crippen LogP contribution in [0.3, 0.4) is 0 Å². The van der Waals surface area contributed by atoms with Gasteiger partial charge in [-0.2, -0.15) is 0 Å². The molecule has 0 radical (unpaired) electrons. The van der Waals surface area contributed by atoms with Gasteiger partial charge in [0.05, 0.1) is 12.3 Å². The number of nitrogens with two attached hydrogens (primary N) is 1. The molecule has 3 rings (SSSR count). The molecule has 104 valence electrons. The van der Waals surface area contributed by atoms with Gasteiger partial charge in [-0.25, -0.2) is 9.97 Å². The number of nitrogens with zero attached hydrogens (tertiary/aromatic N) is 2. The normalized spacial score (nSPS) is 13.1. The lowest BCUT2D eigenvalue weighted by molar-refractivity contribution is 0.357. The number of hydrogen-bond donors (Lipinski definition) is 1. The Hall–Kier alpha value is -2.10. The average Bonchev–Trinajstić information content (AvgIpc) is 2.90. The first-order chi connectivity index (χ1) is 9.69. The number of anilines is 1. The van der Waals surface area contributed by atoms with Crippen LogP contribution in [-0.2, 0) is 12.8 Å². The van der Waals surface area contributed by atoms with Gasteiger partial charge in [0.1, 0.15) is 17.4 Å². The third-order valence-electron chi connectivity index (χ3n) is 3.67. The fourth-order valence-electron chi connectivity index (χ4n) is 2.53. The van der Waals surface area contributed by atoms with Gasteiger partial charge in [-0.3, -0.25) is 0 Å². The van der Waals surface area contributed by atoms with E-state index >= 15 is 0 Å². The molecule has 0 fully saturated rings. The Bertz CT molecular complexity index is 652. The number of ether oxygens (including phenoxy) is 1. The molecule has 2 aromatic rings. The van der Waals surface area contributed by atoms with Crippen LogP contribution in [0, 0.1) is 6.92 Å². The highest BCUT2D eigenvalue weighted by Gasteiger charge is 2.16. The lowest BCUT2D eigenvalue weighted by Gasteiger charge is -2.11. The van der Waals surface area contributed by atoms with Crippen molar-refractivity contribution in [2.75, 3.05) is 12.3 Å². The third kappa shape index (κ3) is 2.22. The molecule has 1 aromatic heterocycles. The van der Waals surface area contributed by atoms with E-state index in [1.165, 1.54) is 5.56 Å². The summed E-state index contributed by atoms with van der Waals surface area (Å²) < 4.78 is 5.55. The molecule has 0 atom stereocenters. The fraction of sp³-hybridized carbons (Fsp3) is 0.375. The largest absolute Gasteiger partial charge is 0.493 e. The molecule has 4 nitrogen and oxygen atoms in total. The van der Waals surface area contributed by atoms with Gasteiger partial charge in [0.25, 0.3) is 0 Å². The van der Waals surface area contributed by atoms with Gasteiger partial charge >= 0.3 is 0 Å². The molecule has 2 N–H and O–H groups in total. The second-order valence-corrected chi connectivity index (χ2v) is 5.17. The molecule has 20 heavy (non-hydrogen) atoms. The van der Waals surface area contributed by atoms with E-state index in [9.17, 15) is 0 Å². The number of hydrogen-bond acceptors (Lipinski definition) is 4. The summed E-state index contributed by atoms with van der Waals surface area (Å²) in [4.78, 5) is 9.05. The average molecular weight is 269 g/mol. The van der Waals surface area contributed by atoms with Crippen molar-refractivity contribution < 1.29 is 4.74 Å². The van der Waals surface area contributed by atoms with Crippen molar-refractivity contribution in [3.63, 3.8) is 0 Å². The topological polar surface area (TPSA) is 61.0 Å². The molecule has 2 heterocycles. The fourth-order valence-corrected chi connectivity index (χ4v) is 2.53. The van der Waals surface area contributed by atoms with Crippen LogP contribution in [0.5, 0.6) is 5.75 Å². The molecule has 1 aromatic carbocycles. The number of benzene rings is 1. The molecule has 0 bridgehead atoms. The maximum atomic E-state index is 6.03. The molecule has 0 aliphatic carbocycles. The smallest absolute Gasteiger partial charge is 0.131 e.